The van der Waals surface area contributed by atoms with Crippen LogP contribution in [-0.4, -0.2) is 19.5 Å². The minimum absolute atomic E-state index is 0.287. The molecule has 0 radical (unpaired) electrons. The summed E-state index contributed by atoms with van der Waals surface area (Å²) >= 11 is 0. The molecule has 18 heavy (non-hydrogen) atoms. The van der Waals surface area contributed by atoms with Crippen LogP contribution in [0.1, 0.15) is 25.0 Å². The van der Waals surface area contributed by atoms with Gasteiger partial charge in [-0.1, -0.05) is 19.1 Å². The molecule has 1 N–H and O–H groups in total. The van der Waals surface area contributed by atoms with Crippen molar-refractivity contribution in [2.45, 2.75) is 25.2 Å². The number of benzene rings is 1. The highest BCUT2D eigenvalue weighted by molar-refractivity contribution is 7.95. The predicted octanol–water partition coefficient (Wildman–Crippen LogP) is 2.10. The molecule has 0 aliphatic carbocycles. The molecule has 0 spiro atoms. The van der Waals surface area contributed by atoms with Crippen molar-refractivity contribution in [1.29, 1.82) is 0 Å². The molecule has 1 aliphatic rings. The maximum atomic E-state index is 12.0. The first-order chi connectivity index (χ1) is 8.34. The van der Waals surface area contributed by atoms with Crippen molar-refractivity contribution < 1.29 is 18.3 Å². The van der Waals surface area contributed by atoms with Gasteiger partial charge in [0.15, 0.2) is 0 Å². The van der Waals surface area contributed by atoms with Gasteiger partial charge in [-0.2, -0.15) is 0 Å². The Labute approximate surface area is 106 Å². The fourth-order valence-corrected chi connectivity index (χ4v) is 3.39. The molecule has 0 amide bonds. The number of carboxylic acids is 1. The zero-order chi connectivity index (χ0) is 13.5. The van der Waals surface area contributed by atoms with Crippen molar-refractivity contribution in [3.8, 4) is 0 Å². The summed E-state index contributed by atoms with van der Waals surface area (Å²) in [5.41, 5.74) is 1.41. The van der Waals surface area contributed by atoms with Crippen LogP contribution in [0.2, 0.25) is 0 Å². The van der Waals surface area contributed by atoms with Gasteiger partial charge in [0.2, 0.25) is 9.84 Å². The predicted molar refractivity (Wildman–Crippen MR) is 67.8 cm³/mol. The van der Waals surface area contributed by atoms with E-state index < -0.39 is 21.7 Å². The molecule has 1 atom stereocenters. The Hall–Kier alpha value is -1.62. The average Bonchev–Trinajstić information content (AvgIpc) is 2.52. The van der Waals surface area contributed by atoms with Gasteiger partial charge in [-0.05, 0) is 36.6 Å². The summed E-state index contributed by atoms with van der Waals surface area (Å²) in [6, 6.07) is 5.00. The number of carbonyl (C=O) groups is 1. The lowest BCUT2D eigenvalue weighted by Crippen LogP contribution is -2.13. The Bertz CT molecular complexity index is 641. The lowest BCUT2D eigenvalue weighted by Gasteiger charge is -2.09. The first kappa shape index (κ1) is 12.8. The van der Waals surface area contributed by atoms with Crippen LogP contribution >= 0.6 is 0 Å². The minimum Gasteiger partial charge on any atom is -0.481 e. The molecule has 1 aromatic rings. The van der Waals surface area contributed by atoms with Gasteiger partial charge in [-0.15, -0.1) is 0 Å². The number of sulfone groups is 1. The number of fused-ring (bicyclic) bond motifs is 1. The van der Waals surface area contributed by atoms with Crippen LogP contribution in [0.25, 0.3) is 6.08 Å². The second kappa shape index (κ2) is 4.24. The van der Waals surface area contributed by atoms with E-state index in [4.69, 9.17) is 5.11 Å². The van der Waals surface area contributed by atoms with E-state index in [0.717, 1.165) is 5.56 Å². The molecule has 4 nitrogen and oxygen atoms in total. The van der Waals surface area contributed by atoms with Gasteiger partial charge in [0.1, 0.15) is 0 Å². The first-order valence-corrected chi connectivity index (χ1v) is 7.10. The van der Waals surface area contributed by atoms with Gasteiger partial charge >= 0.3 is 5.97 Å². The minimum atomic E-state index is -3.35. The van der Waals surface area contributed by atoms with Crippen LogP contribution in [0, 0.1) is 5.92 Å². The van der Waals surface area contributed by atoms with Gasteiger partial charge < -0.3 is 5.11 Å². The maximum absolute atomic E-state index is 12.0. The normalized spacial score (nSPS) is 18.0. The fourth-order valence-electron chi connectivity index (χ4n) is 2.04. The van der Waals surface area contributed by atoms with Crippen LogP contribution in [-0.2, 0) is 21.1 Å². The second-order valence-corrected chi connectivity index (χ2v) is 6.62. The zero-order valence-corrected chi connectivity index (χ0v) is 11.0. The Morgan fingerprint density at radius 1 is 1.39 bits per heavy atom. The Kier molecular flexibility index (Phi) is 3.02. The summed E-state index contributed by atoms with van der Waals surface area (Å²) in [6.07, 6.45) is 1.95. The largest absolute Gasteiger partial charge is 0.481 e. The van der Waals surface area contributed by atoms with Crippen molar-refractivity contribution in [3.63, 3.8) is 0 Å². The van der Waals surface area contributed by atoms with Crippen LogP contribution < -0.4 is 0 Å². The maximum Gasteiger partial charge on any atom is 0.306 e. The molecular weight excluding hydrogens is 252 g/mol. The third-order valence-electron chi connectivity index (χ3n) is 3.17. The van der Waals surface area contributed by atoms with Crippen molar-refractivity contribution in [2.24, 2.45) is 5.92 Å². The zero-order valence-electron chi connectivity index (χ0n) is 10.2. The number of hydrogen-bond acceptors (Lipinski definition) is 3. The monoisotopic (exact) mass is 266 g/mol. The first-order valence-electron chi connectivity index (χ1n) is 5.62. The van der Waals surface area contributed by atoms with E-state index in [1.165, 1.54) is 0 Å². The Balaban J connectivity index is 2.49. The summed E-state index contributed by atoms with van der Waals surface area (Å²) in [4.78, 5) is 11.5. The number of hydrogen-bond donors (Lipinski definition) is 1. The van der Waals surface area contributed by atoms with E-state index in [1.807, 2.05) is 0 Å². The quantitative estimate of drug-likeness (QED) is 0.909. The molecule has 1 aromatic carbocycles. The van der Waals surface area contributed by atoms with Crippen LogP contribution in [0.4, 0.5) is 0 Å². The summed E-state index contributed by atoms with van der Waals surface area (Å²) in [5, 5.41) is 8.91. The van der Waals surface area contributed by atoms with Crippen molar-refractivity contribution in [2.75, 3.05) is 0 Å². The second-order valence-electron chi connectivity index (χ2n) is 4.53. The van der Waals surface area contributed by atoms with Gasteiger partial charge in [0.25, 0.3) is 0 Å². The number of allylic oxidation sites excluding steroid dienone is 1. The third kappa shape index (κ3) is 1.95. The van der Waals surface area contributed by atoms with Crippen molar-refractivity contribution in [1.82, 2.24) is 0 Å². The summed E-state index contributed by atoms with van der Waals surface area (Å²) in [6.45, 7) is 3.17. The van der Waals surface area contributed by atoms with Crippen LogP contribution in [0.15, 0.2) is 28.0 Å². The topological polar surface area (TPSA) is 71.4 Å². The molecule has 0 saturated carbocycles. The van der Waals surface area contributed by atoms with E-state index in [-0.39, 0.29) is 4.90 Å². The number of rotatable bonds is 3. The highest BCUT2D eigenvalue weighted by Crippen LogP contribution is 2.35. The lowest BCUT2D eigenvalue weighted by atomic mass is 9.97. The molecule has 5 heteroatoms. The molecule has 0 saturated heterocycles. The fraction of sp³-hybridized carbons (Fsp3) is 0.308. The van der Waals surface area contributed by atoms with E-state index in [2.05, 4.69) is 0 Å². The van der Waals surface area contributed by atoms with Gasteiger partial charge in [0, 0.05) is 4.91 Å². The summed E-state index contributed by atoms with van der Waals surface area (Å²) in [5.74, 6) is -1.41. The number of carboxylic acid groups (broad SMARTS) is 1. The molecule has 1 unspecified atom stereocenters. The Morgan fingerprint density at radius 3 is 2.67 bits per heavy atom. The van der Waals surface area contributed by atoms with Crippen LogP contribution in [0.5, 0.6) is 0 Å². The summed E-state index contributed by atoms with van der Waals surface area (Å²) < 4.78 is 23.9. The van der Waals surface area contributed by atoms with E-state index in [9.17, 15) is 13.2 Å². The smallest absolute Gasteiger partial charge is 0.306 e. The van der Waals surface area contributed by atoms with E-state index in [1.54, 1.807) is 38.1 Å². The SMILES string of the molecule is CC1=Cc2c(CC(C)C(=O)O)cccc2S1(=O)=O. The van der Waals surface area contributed by atoms with E-state index >= 15 is 0 Å². The highest BCUT2D eigenvalue weighted by atomic mass is 32.2. The highest BCUT2D eigenvalue weighted by Gasteiger charge is 2.28. The molecule has 1 aliphatic heterocycles. The van der Waals surface area contributed by atoms with Crippen LogP contribution in [0.3, 0.4) is 0 Å². The molecule has 2 rings (SSSR count). The molecule has 0 aromatic heterocycles. The van der Waals surface area contributed by atoms with E-state index in [0.29, 0.717) is 16.9 Å². The Morgan fingerprint density at radius 2 is 2.06 bits per heavy atom. The molecule has 1 heterocycles. The lowest BCUT2D eigenvalue weighted by molar-refractivity contribution is -0.141. The van der Waals surface area contributed by atoms with Crippen molar-refractivity contribution >= 4 is 21.9 Å². The molecule has 0 fully saturated rings. The standard InChI is InChI=1S/C13H14O4S/c1-8(13(14)15)6-10-4-3-5-12-11(10)7-9(2)18(12,16)17/h3-5,7-8H,6H2,1-2H3,(H,14,15). The number of aliphatic carboxylic acids is 1. The summed E-state index contributed by atoms with van der Waals surface area (Å²) in [7, 11) is -3.35. The molecule has 96 valence electrons. The average molecular weight is 266 g/mol. The molecular formula is C13H14O4S. The van der Waals surface area contributed by atoms with Gasteiger partial charge in [-0.25, -0.2) is 8.42 Å². The van der Waals surface area contributed by atoms with Gasteiger partial charge in [-0.3, -0.25) is 4.79 Å². The van der Waals surface area contributed by atoms with Crippen molar-refractivity contribution in [3.05, 3.63) is 34.2 Å². The van der Waals surface area contributed by atoms with Gasteiger partial charge in [0.05, 0.1) is 10.8 Å². The third-order valence-corrected chi connectivity index (χ3v) is 5.07. The molecule has 0 bridgehead atoms.